The van der Waals surface area contributed by atoms with Crippen LogP contribution in [0.2, 0.25) is 0 Å². The molecular weight excluding hydrogens is 150 g/mol. The molecule has 12 heavy (non-hydrogen) atoms. The third-order valence-electron chi connectivity index (χ3n) is 2.87. The van der Waals surface area contributed by atoms with Crippen LogP contribution in [-0.4, -0.2) is 13.2 Å². The summed E-state index contributed by atoms with van der Waals surface area (Å²) in [6.07, 6.45) is 4.66. The highest BCUT2D eigenvalue weighted by atomic mass is 16.5. The van der Waals surface area contributed by atoms with Gasteiger partial charge < -0.3 is 4.74 Å². The summed E-state index contributed by atoms with van der Waals surface area (Å²) in [5.41, 5.74) is 0. The van der Waals surface area contributed by atoms with E-state index in [1.165, 1.54) is 12.8 Å². The molecule has 0 spiro atoms. The molecule has 0 bridgehead atoms. The SMILES string of the molecule is COC(C#N)C1CCC(C)CC1. The molecule has 0 radical (unpaired) electrons. The van der Waals surface area contributed by atoms with Crippen molar-refractivity contribution >= 4 is 0 Å². The van der Waals surface area contributed by atoms with E-state index in [0.29, 0.717) is 5.92 Å². The predicted octanol–water partition coefficient (Wildman–Crippen LogP) is 2.35. The standard InChI is InChI=1S/C10H17NO/c1-8-3-5-9(6-4-8)10(7-11)12-2/h8-10H,3-6H2,1-2H3. The van der Waals surface area contributed by atoms with Gasteiger partial charge in [-0.3, -0.25) is 0 Å². The molecule has 0 N–H and O–H groups in total. The lowest BCUT2D eigenvalue weighted by molar-refractivity contribution is 0.0701. The Bertz CT molecular complexity index is 165. The summed E-state index contributed by atoms with van der Waals surface area (Å²) < 4.78 is 5.11. The molecule has 1 rings (SSSR count). The van der Waals surface area contributed by atoms with E-state index in [4.69, 9.17) is 10.00 Å². The molecule has 1 unspecified atom stereocenters. The van der Waals surface area contributed by atoms with E-state index in [9.17, 15) is 0 Å². The smallest absolute Gasteiger partial charge is 0.146 e. The number of hydrogen-bond donors (Lipinski definition) is 0. The molecule has 1 saturated carbocycles. The Morgan fingerprint density at radius 2 is 1.92 bits per heavy atom. The van der Waals surface area contributed by atoms with E-state index in [1.807, 2.05) is 0 Å². The average Bonchev–Trinajstić information content (AvgIpc) is 2.10. The van der Waals surface area contributed by atoms with Gasteiger partial charge in [0.25, 0.3) is 0 Å². The van der Waals surface area contributed by atoms with E-state index >= 15 is 0 Å². The van der Waals surface area contributed by atoms with E-state index in [1.54, 1.807) is 7.11 Å². The van der Waals surface area contributed by atoms with Gasteiger partial charge in [-0.25, -0.2) is 0 Å². The van der Waals surface area contributed by atoms with Crippen molar-refractivity contribution in [2.24, 2.45) is 11.8 Å². The Labute approximate surface area is 74.5 Å². The number of rotatable bonds is 2. The van der Waals surface area contributed by atoms with Gasteiger partial charge in [-0.2, -0.15) is 5.26 Å². The molecule has 1 aliphatic carbocycles. The monoisotopic (exact) mass is 167 g/mol. The average molecular weight is 167 g/mol. The third-order valence-corrected chi connectivity index (χ3v) is 2.87. The highest BCUT2D eigenvalue weighted by Gasteiger charge is 2.25. The summed E-state index contributed by atoms with van der Waals surface area (Å²) >= 11 is 0. The summed E-state index contributed by atoms with van der Waals surface area (Å²) in [6.45, 7) is 2.28. The second kappa shape index (κ2) is 4.47. The molecule has 0 amide bonds. The Balaban J connectivity index is 2.39. The van der Waals surface area contributed by atoms with Gasteiger partial charge in [0.05, 0.1) is 6.07 Å². The first-order valence-corrected chi connectivity index (χ1v) is 4.70. The lowest BCUT2D eigenvalue weighted by Gasteiger charge is -2.28. The minimum Gasteiger partial charge on any atom is -0.366 e. The lowest BCUT2D eigenvalue weighted by atomic mass is 9.80. The first-order chi connectivity index (χ1) is 5.77. The summed E-state index contributed by atoms with van der Waals surface area (Å²) in [5.74, 6) is 1.33. The van der Waals surface area contributed by atoms with E-state index in [-0.39, 0.29) is 6.10 Å². The second-order valence-electron chi connectivity index (χ2n) is 3.81. The normalized spacial score (nSPS) is 32.4. The van der Waals surface area contributed by atoms with Crippen LogP contribution in [0.5, 0.6) is 0 Å². The van der Waals surface area contributed by atoms with Crippen LogP contribution in [0.1, 0.15) is 32.6 Å². The largest absolute Gasteiger partial charge is 0.366 e. The Morgan fingerprint density at radius 3 is 2.33 bits per heavy atom. The fourth-order valence-corrected chi connectivity index (χ4v) is 1.94. The molecule has 0 aliphatic heterocycles. The molecule has 0 heterocycles. The summed E-state index contributed by atoms with van der Waals surface area (Å²) in [5, 5.41) is 8.77. The second-order valence-corrected chi connectivity index (χ2v) is 3.81. The van der Waals surface area contributed by atoms with Gasteiger partial charge in [0.1, 0.15) is 6.10 Å². The molecule has 68 valence electrons. The third kappa shape index (κ3) is 2.22. The van der Waals surface area contributed by atoms with Crippen molar-refractivity contribution in [3.05, 3.63) is 0 Å². The van der Waals surface area contributed by atoms with Crippen molar-refractivity contribution in [3.63, 3.8) is 0 Å². The maximum atomic E-state index is 8.77. The van der Waals surface area contributed by atoms with Crippen LogP contribution >= 0.6 is 0 Å². The van der Waals surface area contributed by atoms with Crippen molar-refractivity contribution in [2.75, 3.05) is 7.11 Å². The van der Waals surface area contributed by atoms with Gasteiger partial charge >= 0.3 is 0 Å². The van der Waals surface area contributed by atoms with Crippen LogP contribution in [0.15, 0.2) is 0 Å². The van der Waals surface area contributed by atoms with Gasteiger partial charge in [0.15, 0.2) is 0 Å². The van der Waals surface area contributed by atoms with Gasteiger partial charge in [-0.05, 0) is 24.7 Å². The predicted molar refractivity (Wildman–Crippen MR) is 47.5 cm³/mol. The summed E-state index contributed by atoms with van der Waals surface area (Å²) in [6, 6.07) is 2.21. The minimum atomic E-state index is -0.169. The fourth-order valence-electron chi connectivity index (χ4n) is 1.94. The van der Waals surface area contributed by atoms with Crippen molar-refractivity contribution in [1.29, 1.82) is 5.26 Å². The zero-order valence-corrected chi connectivity index (χ0v) is 7.92. The molecule has 2 nitrogen and oxygen atoms in total. The highest BCUT2D eigenvalue weighted by molar-refractivity contribution is 4.91. The minimum absolute atomic E-state index is 0.169. The van der Waals surface area contributed by atoms with E-state index < -0.39 is 0 Å². The van der Waals surface area contributed by atoms with Crippen molar-refractivity contribution in [2.45, 2.75) is 38.7 Å². The van der Waals surface area contributed by atoms with Crippen LogP contribution in [0.25, 0.3) is 0 Å². The first-order valence-electron chi connectivity index (χ1n) is 4.70. The van der Waals surface area contributed by atoms with Crippen LogP contribution in [0.3, 0.4) is 0 Å². The lowest BCUT2D eigenvalue weighted by Crippen LogP contribution is -2.25. The molecule has 2 heteroatoms. The van der Waals surface area contributed by atoms with Crippen molar-refractivity contribution < 1.29 is 4.74 Å². The number of nitriles is 1. The molecule has 1 atom stereocenters. The summed E-state index contributed by atoms with van der Waals surface area (Å²) in [7, 11) is 1.63. The van der Waals surface area contributed by atoms with E-state index in [2.05, 4.69) is 13.0 Å². The molecule has 0 saturated heterocycles. The Morgan fingerprint density at radius 1 is 1.33 bits per heavy atom. The van der Waals surface area contributed by atoms with Crippen LogP contribution < -0.4 is 0 Å². The molecule has 0 aromatic carbocycles. The highest BCUT2D eigenvalue weighted by Crippen LogP contribution is 2.31. The van der Waals surface area contributed by atoms with Crippen molar-refractivity contribution in [1.82, 2.24) is 0 Å². The molecular formula is C10H17NO. The maximum absolute atomic E-state index is 8.77. The molecule has 1 fully saturated rings. The summed E-state index contributed by atoms with van der Waals surface area (Å²) in [4.78, 5) is 0. The zero-order chi connectivity index (χ0) is 8.97. The Hall–Kier alpha value is -0.550. The first kappa shape index (κ1) is 9.54. The van der Waals surface area contributed by atoms with Gasteiger partial charge in [0.2, 0.25) is 0 Å². The van der Waals surface area contributed by atoms with Crippen LogP contribution in [0, 0.1) is 23.2 Å². The van der Waals surface area contributed by atoms with Crippen molar-refractivity contribution in [3.8, 4) is 6.07 Å². The Kier molecular flexibility index (Phi) is 3.55. The number of ether oxygens (including phenoxy) is 1. The quantitative estimate of drug-likeness (QED) is 0.632. The van der Waals surface area contributed by atoms with Gasteiger partial charge in [0, 0.05) is 7.11 Å². The number of methoxy groups -OCH3 is 1. The topological polar surface area (TPSA) is 33.0 Å². The van der Waals surface area contributed by atoms with E-state index in [0.717, 1.165) is 18.8 Å². The molecule has 0 aromatic rings. The maximum Gasteiger partial charge on any atom is 0.146 e. The number of nitrogens with zero attached hydrogens (tertiary/aromatic N) is 1. The number of hydrogen-bond acceptors (Lipinski definition) is 2. The van der Waals surface area contributed by atoms with Gasteiger partial charge in [-0.15, -0.1) is 0 Å². The van der Waals surface area contributed by atoms with Crippen LogP contribution in [-0.2, 0) is 4.74 Å². The fraction of sp³-hybridized carbons (Fsp3) is 0.900. The zero-order valence-electron chi connectivity index (χ0n) is 7.92. The van der Waals surface area contributed by atoms with Gasteiger partial charge in [-0.1, -0.05) is 19.8 Å². The molecule has 1 aliphatic rings. The molecule has 0 aromatic heterocycles. The van der Waals surface area contributed by atoms with Crippen LogP contribution in [0.4, 0.5) is 0 Å².